The fraction of sp³-hybridized carbons (Fsp3) is 0.733. The third-order valence-corrected chi connectivity index (χ3v) is 3.75. The Labute approximate surface area is 121 Å². The SMILES string of the molecule is Cc1cc(OC(C)C)nc(N2CC(CN)CCC2C)n1. The van der Waals surface area contributed by atoms with E-state index in [0.29, 0.717) is 17.8 Å². The molecule has 0 spiro atoms. The highest BCUT2D eigenvalue weighted by Crippen LogP contribution is 2.26. The van der Waals surface area contributed by atoms with Gasteiger partial charge in [0.2, 0.25) is 11.8 Å². The molecule has 0 amide bonds. The Balaban J connectivity index is 2.23. The summed E-state index contributed by atoms with van der Waals surface area (Å²) < 4.78 is 5.71. The normalized spacial score (nSPS) is 23.2. The van der Waals surface area contributed by atoms with Gasteiger partial charge in [-0.05, 0) is 53.0 Å². The molecule has 2 heterocycles. The minimum absolute atomic E-state index is 0.118. The molecule has 2 unspecified atom stereocenters. The summed E-state index contributed by atoms with van der Waals surface area (Å²) in [5.41, 5.74) is 6.76. The number of piperidine rings is 1. The van der Waals surface area contributed by atoms with Crippen molar-refractivity contribution in [3.63, 3.8) is 0 Å². The summed E-state index contributed by atoms with van der Waals surface area (Å²) in [5, 5.41) is 0. The molecule has 0 radical (unpaired) electrons. The van der Waals surface area contributed by atoms with Crippen LogP contribution in [0, 0.1) is 12.8 Å². The first kappa shape index (κ1) is 15.0. The first-order valence-electron chi connectivity index (χ1n) is 7.48. The Morgan fingerprint density at radius 2 is 2.15 bits per heavy atom. The average molecular weight is 278 g/mol. The lowest BCUT2D eigenvalue weighted by atomic mass is 9.94. The number of nitrogens with two attached hydrogens (primary N) is 1. The van der Waals surface area contributed by atoms with E-state index in [1.165, 1.54) is 6.42 Å². The number of anilines is 1. The Bertz CT molecular complexity index is 449. The Morgan fingerprint density at radius 3 is 2.80 bits per heavy atom. The molecule has 5 heteroatoms. The zero-order valence-electron chi connectivity index (χ0n) is 13.0. The summed E-state index contributed by atoms with van der Waals surface area (Å²) in [5.74, 6) is 1.96. The van der Waals surface area contributed by atoms with Crippen molar-refractivity contribution < 1.29 is 4.74 Å². The molecule has 1 saturated heterocycles. The molecule has 1 aliphatic heterocycles. The summed E-state index contributed by atoms with van der Waals surface area (Å²) in [6.45, 7) is 9.87. The van der Waals surface area contributed by atoms with E-state index in [2.05, 4.69) is 21.8 Å². The van der Waals surface area contributed by atoms with Crippen LogP contribution in [0.3, 0.4) is 0 Å². The van der Waals surface area contributed by atoms with Gasteiger partial charge in [0.15, 0.2) is 0 Å². The van der Waals surface area contributed by atoms with Crippen LogP contribution in [-0.2, 0) is 0 Å². The van der Waals surface area contributed by atoms with E-state index in [4.69, 9.17) is 10.5 Å². The van der Waals surface area contributed by atoms with Gasteiger partial charge in [0, 0.05) is 24.3 Å². The van der Waals surface area contributed by atoms with E-state index in [9.17, 15) is 0 Å². The molecule has 1 aliphatic rings. The molecule has 2 N–H and O–H groups in total. The maximum atomic E-state index is 5.82. The number of ether oxygens (including phenoxy) is 1. The van der Waals surface area contributed by atoms with E-state index in [-0.39, 0.29) is 6.10 Å². The number of aryl methyl sites for hydroxylation is 1. The molecule has 1 aromatic rings. The number of rotatable bonds is 4. The lowest BCUT2D eigenvalue weighted by Crippen LogP contribution is -2.44. The summed E-state index contributed by atoms with van der Waals surface area (Å²) >= 11 is 0. The van der Waals surface area contributed by atoms with Gasteiger partial charge in [-0.1, -0.05) is 0 Å². The van der Waals surface area contributed by atoms with Crippen molar-refractivity contribution in [2.45, 2.75) is 52.7 Å². The van der Waals surface area contributed by atoms with Crippen LogP contribution in [0.5, 0.6) is 5.88 Å². The van der Waals surface area contributed by atoms with Gasteiger partial charge in [0.05, 0.1) is 6.10 Å². The van der Waals surface area contributed by atoms with Gasteiger partial charge in [-0.3, -0.25) is 0 Å². The van der Waals surface area contributed by atoms with Crippen LogP contribution < -0.4 is 15.4 Å². The second-order valence-corrected chi connectivity index (χ2v) is 5.99. The fourth-order valence-corrected chi connectivity index (χ4v) is 2.61. The lowest BCUT2D eigenvalue weighted by Gasteiger charge is -2.37. The second kappa shape index (κ2) is 6.39. The molecule has 0 saturated carbocycles. The van der Waals surface area contributed by atoms with Gasteiger partial charge in [0.1, 0.15) is 0 Å². The minimum Gasteiger partial charge on any atom is -0.475 e. The molecule has 0 aliphatic carbocycles. The lowest BCUT2D eigenvalue weighted by molar-refractivity contribution is 0.231. The predicted molar refractivity (Wildman–Crippen MR) is 81.1 cm³/mol. The van der Waals surface area contributed by atoms with Crippen molar-refractivity contribution in [2.24, 2.45) is 11.7 Å². The van der Waals surface area contributed by atoms with Gasteiger partial charge in [-0.15, -0.1) is 0 Å². The standard InChI is InChI=1S/C15H26N4O/c1-10(2)20-14-7-11(3)17-15(18-14)19-9-13(8-16)6-5-12(19)4/h7,10,12-13H,5-6,8-9,16H2,1-4H3. The van der Waals surface area contributed by atoms with Crippen molar-refractivity contribution in [1.29, 1.82) is 0 Å². The predicted octanol–water partition coefficient (Wildman–Crippen LogP) is 2.14. The van der Waals surface area contributed by atoms with Crippen LogP contribution >= 0.6 is 0 Å². The average Bonchev–Trinajstić information content (AvgIpc) is 2.37. The largest absolute Gasteiger partial charge is 0.475 e. The highest BCUT2D eigenvalue weighted by Gasteiger charge is 2.27. The van der Waals surface area contributed by atoms with Crippen molar-refractivity contribution in [3.05, 3.63) is 11.8 Å². The third kappa shape index (κ3) is 3.60. The molecule has 112 valence electrons. The van der Waals surface area contributed by atoms with Crippen LogP contribution in [0.2, 0.25) is 0 Å². The van der Waals surface area contributed by atoms with E-state index in [1.54, 1.807) is 0 Å². The molecule has 5 nitrogen and oxygen atoms in total. The summed E-state index contributed by atoms with van der Waals surface area (Å²) in [4.78, 5) is 11.4. The van der Waals surface area contributed by atoms with Crippen LogP contribution in [0.4, 0.5) is 5.95 Å². The van der Waals surface area contributed by atoms with E-state index < -0.39 is 0 Å². The Kier molecular flexibility index (Phi) is 4.81. The zero-order valence-corrected chi connectivity index (χ0v) is 13.0. The molecule has 2 atom stereocenters. The van der Waals surface area contributed by atoms with Gasteiger partial charge < -0.3 is 15.4 Å². The minimum atomic E-state index is 0.118. The summed E-state index contributed by atoms with van der Waals surface area (Å²) in [6, 6.07) is 2.34. The molecule has 0 bridgehead atoms. The highest BCUT2D eigenvalue weighted by molar-refractivity contribution is 5.36. The topological polar surface area (TPSA) is 64.3 Å². The van der Waals surface area contributed by atoms with Gasteiger partial charge >= 0.3 is 0 Å². The van der Waals surface area contributed by atoms with Crippen LogP contribution in [0.1, 0.15) is 39.3 Å². The summed E-state index contributed by atoms with van der Waals surface area (Å²) in [7, 11) is 0. The Hall–Kier alpha value is -1.36. The van der Waals surface area contributed by atoms with E-state index in [1.807, 2.05) is 26.8 Å². The van der Waals surface area contributed by atoms with Crippen molar-refractivity contribution in [1.82, 2.24) is 9.97 Å². The van der Waals surface area contributed by atoms with Crippen LogP contribution in [0.25, 0.3) is 0 Å². The molecule has 2 rings (SSSR count). The Morgan fingerprint density at radius 1 is 1.40 bits per heavy atom. The van der Waals surface area contributed by atoms with Crippen LogP contribution in [-0.4, -0.2) is 35.2 Å². The molecule has 1 aromatic heterocycles. The van der Waals surface area contributed by atoms with E-state index >= 15 is 0 Å². The third-order valence-electron chi connectivity index (χ3n) is 3.75. The van der Waals surface area contributed by atoms with Gasteiger partial charge in [0.25, 0.3) is 0 Å². The first-order chi connectivity index (χ1) is 9.49. The van der Waals surface area contributed by atoms with Crippen molar-refractivity contribution >= 4 is 5.95 Å². The van der Waals surface area contributed by atoms with Crippen LogP contribution in [0.15, 0.2) is 6.07 Å². The molecule has 0 aromatic carbocycles. The number of nitrogens with zero attached hydrogens (tertiary/aromatic N) is 3. The first-order valence-corrected chi connectivity index (χ1v) is 7.48. The second-order valence-electron chi connectivity index (χ2n) is 5.99. The van der Waals surface area contributed by atoms with Gasteiger partial charge in [-0.2, -0.15) is 4.98 Å². The number of aromatic nitrogens is 2. The molecule has 20 heavy (non-hydrogen) atoms. The molecular formula is C15H26N4O. The smallest absolute Gasteiger partial charge is 0.229 e. The quantitative estimate of drug-likeness (QED) is 0.914. The molecule has 1 fully saturated rings. The molecular weight excluding hydrogens is 252 g/mol. The number of hydrogen-bond donors (Lipinski definition) is 1. The van der Waals surface area contributed by atoms with Gasteiger partial charge in [-0.25, -0.2) is 4.98 Å². The summed E-state index contributed by atoms with van der Waals surface area (Å²) in [6.07, 6.45) is 2.45. The zero-order chi connectivity index (χ0) is 14.7. The van der Waals surface area contributed by atoms with Crippen molar-refractivity contribution in [3.8, 4) is 5.88 Å². The van der Waals surface area contributed by atoms with Crippen molar-refractivity contribution in [2.75, 3.05) is 18.0 Å². The van der Waals surface area contributed by atoms with E-state index in [0.717, 1.165) is 31.2 Å². The number of hydrogen-bond acceptors (Lipinski definition) is 5. The maximum absolute atomic E-state index is 5.82. The monoisotopic (exact) mass is 278 g/mol. The fourth-order valence-electron chi connectivity index (χ4n) is 2.61. The maximum Gasteiger partial charge on any atom is 0.229 e. The highest BCUT2D eigenvalue weighted by atomic mass is 16.5.